The third-order valence-electron chi connectivity index (χ3n) is 6.97. The van der Waals surface area contributed by atoms with Crippen LogP contribution in [0.3, 0.4) is 0 Å². The number of carboxylic acids is 1. The number of rotatable bonds is 12. The van der Waals surface area contributed by atoms with Crippen molar-refractivity contribution in [3.63, 3.8) is 0 Å². The van der Waals surface area contributed by atoms with Crippen LogP contribution in [-0.2, 0) is 39.0 Å². The minimum absolute atomic E-state index is 0.0255. The summed E-state index contributed by atoms with van der Waals surface area (Å²) in [6, 6.07) is 29.4. The maximum atomic E-state index is 13.5. The van der Waals surface area contributed by atoms with Gasteiger partial charge in [0, 0.05) is 36.2 Å². The van der Waals surface area contributed by atoms with Gasteiger partial charge >= 0.3 is 12.1 Å². The zero-order chi connectivity index (χ0) is 36.2. The third-order valence-corrected chi connectivity index (χ3v) is 8.43. The predicted octanol–water partition coefficient (Wildman–Crippen LogP) is 4.90. The largest absolute Gasteiger partial charge is 0.490 e. The van der Waals surface area contributed by atoms with Gasteiger partial charge < -0.3 is 21.1 Å². The van der Waals surface area contributed by atoms with Gasteiger partial charge in [-0.05, 0) is 76.7 Å². The lowest BCUT2D eigenvalue weighted by Crippen LogP contribution is -2.33. The number of carbonyl (C=O) groups is 3. The van der Waals surface area contributed by atoms with Gasteiger partial charge in [-0.1, -0.05) is 70.5 Å². The van der Waals surface area contributed by atoms with Crippen molar-refractivity contribution >= 4 is 43.7 Å². The first-order chi connectivity index (χ1) is 23.1. The number of carbonyl (C=O) groups excluding carboxylic acids is 2. The highest BCUT2D eigenvalue weighted by molar-refractivity contribution is 9.10. The Labute approximate surface area is 290 Å². The molecular formula is C34H34BrF3N4O6S. The van der Waals surface area contributed by atoms with E-state index in [1.807, 2.05) is 71.6 Å². The van der Waals surface area contributed by atoms with Gasteiger partial charge in [-0.3, -0.25) is 9.59 Å². The van der Waals surface area contributed by atoms with Crippen LogP contribution in [0.25, 0.3) is 11.1 Å². The molecule has 0 aliphatic rings. The summed E-state index contributed by atoms with van der Waals surface area (Å²) >= 11 is 3.43. The highest BCUT2D eigenvalue weighted by atomic mass is 79.9. The number of nitrogens with zero attached hydrogens (tertiary/aromatic N) is 1. The minimum atomic E-state index is -5.08. The molecule has 0 spiro atoms. The Balaban J connectivity index is 0.000000838. The van der Waals surface area contributed by atoms with Crippen molar-refractivity contribution in [3.05, 3.63) is 124 Å². The number of sulfonamides is 1. The Kier molecular flexibility index (Phi) is 14.1. The number of hydrogen-bond donors (Lipinski definition) is 4. The van der Waals surface area contributed by atoms with Gasteiger partial charge in [0.2, 0.25) is 15.9 Å². The molecule has 0 atom stereocenters. The lowest BCUT2D eigenvalue weighted by atomic mass is 10.0. The summed E-state index contributed by atoms with van der Waals surface area (Å²) in [4.78, 5) is 36.7. The van der Waals surface area contributed by atoms with Gasteiger partial charge in [0.15, 0.2) is 0 Å². The number of carboxylic acid groups (broad SMARTS) is 1. The Morgan fingerprint density at radius 3 is 1.98 bits per heavy atom. The van der Waals surface area contributed by atoms with Crippen LogP contribution in [0.15, 0.2) is 106 Å². The summed E-state index contributed by atoms with van der Waals surface area (Å²) in [5.41, 5.74) is 10.6. The van der Waals surface area contributed by atoms with Gasteiger partial charge in [0.25, 0.3) is 5.91 Å². The fraction of sp³-hybridized carbons (Fsp3) is 0.206. The van der Waals surface area contributed by atoms with E-state index in [2.05, 4.69) is 21.2 Å². The summed E-state index contributed by atoms with van der Waals surface area (Å²) in [6.45, 7) is 1.59. The van der Waals surface area contributed by atoms with Crippen LogP contribution in [0.5, 0.6) is 0 Å². The summed E-state index contributed by atoms with van der Waals surface area (Å²) in [5.74, 6) is -2.96. The fourth-order valence-electron chi connectivity index (χ4n) is 4.49. The highest BCUT2D eigenvalue weighted by Crippen LogP contribution is 2.23. The van der Waals surface area contributed by atoms with E-state index in [9.17, 15) is 31.2 Å². The number of benzene rings is 4. The first kappa shape index (κ1) is 38.9. The second kappa shape index (κ2) is 17.7. The summed E-state index contributed by atoms with van der Waals surface area (Å²) < 4.78 is 55.9. The molecule has 49 heavy (non-hydrogen) atoms. The Morgan fingerprint density at radius 1 is 0.837 bits per heavy atom. The molecule has 0 saturated carbocycles. The second-order valence-corrected chi connectivity index (χ2v) is 13.2. The molecule has 260 valence electrons. The number of hydrogen-bond acceptors (Lipinski definition) is 6. The first-order valence-electron chi connectivity index (χ1n) is 14.7. The number of halogens is 4. The van der Waals surface area contributed by atoms with Crippen LogP contribution >= 0.6 is 15.9 Å². The molecule has 0 saturated heterocycles. The fourth-order valence-corrected chi connectivity index (χ4v) is 5.27. The molecule has 0 bridgehead atoms. The normalized spacial score (nSPS) is 11.2. The monoisotopic (exact) mass is 762 g/mol. The average Bonchev–Trinajstić information content (AvgIpc) is 3.06. The Morgan fingerprint density at radius 2 is 1.41 bits per heavy atom. The van der Waals surface area contributed by atoms with E-state index in [-0.39, 0.29) is 23.1 Å². The zero-order valence-electron chi connectivity index (χ0n) is 26.0. The number of primary sulfonamides is 1. The van der Waals surface area contributed by atoms with Crippen molar-refractivity contribution in [1.29, 1.82) is 0 Å². The van der Waals surface area contributed by atoms with E-state index in [1.54, 1.807) is 18.2 Å². The summed E-state index contributed by atoms with van der Waals surface area (Å²) in [6.07, 6.45) is -4.30. The second-order valence-electron chi connectivity index (χ2n) is 10.7. The quantitative estimate of drug-likeness (QED) is 0.159. The van der Waals surface area contributed by atoms with Gasteiger partial charge in [0.05, 0.1) is 11.3 Å². The number of amides is 2. The maximum absolute atomic E-state index is 13.5. The zero-order valence-corrected chi connectivity index (χ0v) is 28.4. The van der Waals surface area contributed by atoms with E-state index >= 15 is 0 Å². The molecule has 0 unspecified atom stereocenters. The smallest absolute Gasteiger partial charge is 0.475 e. The molecule has 0 aliphatic heterocycles. The lowest BCUT2D eigenvalue weighted by Gasteiger charge is -2.24. The van der Waals surface area contributed by atoms with Gasteiger partial charge in [-0.2, -0.15) is 13.2 Å². The standard InChI is InChI=1S/C32H33BrN4O4S.C2HF3O2/c33-29-11-7-24(8-12-29)20-31(38)37(18-15-23-9-13-30(14-10-23)42(35,40)41)22-25-3-1-4-26(19-25)27-5-2-6-28(21-27)32(39)36-17-16-34;3-2(4,5)1(6)7/h1-14,19,21H,15-18,20,22,34H2,(H,36,39)(H2,35,40,41);(H,6,7). The summed E-state index contributed by atoms with van der Waals surface area (Å²) in [7, 11) is -3.78. The molecule has 6 N–H and O–H groups in total. The van der Waals surface area contributed by atoms with Crippen molar-refractivity contribution < 1.29 is 41.1 Å². The van der Waals surface area contributed by atoms with Crippen LogP contribution in [0.1, 0.15) is 27.0 Å². The highest BCUT2D eigenvalue weighted by Gasteiger charge is 2.38. The van der Waals surface area contributed by atoms with Crippen LogP contribution in [0.4, 0.5) is 13.2 Å². The summed E-state index contributed by atoms with van der Waals surface area (Å²) in [5, 5.41) is 15.1. The molecule has 0 fully saturated rings. The van der Waals surface area contributed by atoms with Crippen molar-refractivity contribution in [2.75, 3.05) is 19.6 Å². The molecule has 4 rings (SSSR count). The maximum Gasteiger partial charge on any atom is 0.490 e. The first-order valence-corrected chi connectivity index (χ1v) is 17.0. The number of alkyl halides is 3. The molecule has 10 nitrogen and oxygen atoms in total. The third kappa shape index (κ3) is 12.8. The molecule has 0 radical (unpaired) electrons. The van der Waals surface area contributed by atoms with Crippen molar-refractivity contribution in [3.8, 4) is 11.1 Å². The minimum Gasteiger partial charge on any atom is -0.475 e. The van der Waals surface area contributed by atoms with E-state index in [1.165, 1.54) is 12.1 Å². The van der Waals surface area contributed by atoms with E-state index in [0.717, 1.165) is 32.3 Å². The van der Waals surface area contributed by atoms with E-state index in [4.69, 9.17) is 20.8 Å². The molecule has 15 heteroatoms. The molecule has 0 aliphatic carbocycles. The van der Waals surface area contributed by atoms with Crippen LogP contribution < -0.4 is 16.2 Å². The molecule has 2 amide bonds. The Bertz CT molecular complexity index is 1860. The number of nitrogens with one attached hydrogen (secondary N) is 1. The van der Waals surface area contributed by atoms with Crippen LogP contribution in [0.2, 0.25) is 0 Å². The number of nitrogens with two attached hydrogens (primary N) is 2. The molecule has 0 heterocycles. The van der Waals surface area contributed by atoms with Crippen LogP contribution in [0, 0.1) is 0 Å². The Hall–Kier alpha value is -4.57. The molecular weight excluding hydrogens is 729 g/mol. The topological polar surface area (TPSA) is 173 Å². The molecule has 4 aromatic carbocycles. The van der Waals surface area contributed by atoms with E-state index in [0.29, 0.717) is 38.2 Å². The van der Waals surface area contributed by atoms with Crippen molar-refractivity contribution in [1.82, 2.24) is 10.2 Å². The average molecular weight is 764 g/mol. The molecule has 0 aromatic heterocycles. The predicted molar refractivity (Wildman–Crippen MR) is 182 cm³/mol. The lowest BCUT2D eigenvalue weighted by molar-refractivity contribution is -0.192. The SMILES string of the molecule is NCCNC(=O)c1cccc(-c2cccc(CN(CCc3ccc(S(N)(=O)=O)cc3)C(=O)Cc3ccc(Br)cc3)c2)c1.O=C(O)C(F)(F)F. The van der Waals surface area contributed by atoms with Gasteiger partial charge in [-0.15, -0.1) is 0 Å². The van der Waals surface area contributed by atoms with Gasteiger partial charge in [0.1, 0.15) is 0 Å². The van der Waals surface area contributed by atoms with Crippen LogP contribution in [-0.4, -0.2) is 62.0 Å². The van der Waals surface area contributed by atoms with E-state index < -0.39 is 22.2 Å². The molecule has 4 aromatic rings. The van der Waals surface area contributed by atoms with Gasteiger partial charge in [-0.25, -0.2) is 18.4 Å². The number of aliphatic carboxylic acids is 1. The van der Waals surface area contributed by atoms with Crippen molar-refractivity contribution in [2.45, 2.75) is 30.5 Å². The van der Waals surface area contributed by atoms with Crippen molar-refractivity contribution in [2.24, 2.45) is 10.9 Å².